The first-order valence-electron chi connectivity index (χ1n) is 7.59. The van der Waals surface area contributed by atoms with Crippen LogP contribution in [0.5, 0.6) is 0 Å². The van der Waals surface area contributed by atoms with Gasteiger partial charge in [-0.2, -0.15) is 0 Å². The third-order valence-electron chi connectivity index (χ3n) is 3.85. The Balaban J connectivity index is 1.74. The fourth-order valence-corrected chi connectivity index (χ4v) is 3.77. The van der Waals surface area contributed by atoms with Crippen molar-refractivity contribution >= 4 is 15.8 Å². The molecule has 0 spiro atoms. The van der Waals surface area contributed by atoms with Gasteiger partial charge in [-0.25, -0.2) is 18.1 Å². The van der Waals surface area contributed by atoms with Crippen molar-refractivity contribution in [1.29, 1.82) is 0 Å². The van der Waals surface area contributed by atoms with Crippen LogP contribution >= 0.6 is 0 Å². The second-order valence-electron chi connectivity index (χ2n) is 5.51. The van der Waals surface area contributed by atoms with Gasteiger partial charge >= 0.3 is 0 Å². The largest absolute Gasteiger partial charge is 0.355 e. The maximum atomic E-state index is 11.8. The standard InChI is InChI=1S/C14H24N4O2S/c1-2-3-10-21(19,20)17-11-13-4-8-18(9-5-13)14-12-15-6-7-16-14/h6-7,12-13,17H,2-5,8-11H2,1H3. The van der Waals surface area contributed by atoms with Crippen molar-refractivity contribution in [1.82, 2.24) is 14.7 Å². The van der Waals surface area contributed by atoms with Crippen LogP contribution < -0.4 is 9.62 Å². The van der Waals surface area contributed by atoms with Gasteiger partial charge in [0.2, 0.25) is 10.0 Å². The molecule has 0 atom stereocenters. The van der Waals surface area contributed by atoms with E-state index in [1.807, 2.05) is 6.92 Å². The number of hydrogen-bond donors (Lipinski definition) is 1. The summed E-state index contributed by atoms with van der Waals surface area (Å²) in [6.45, 7) is 4.36. The molecule has 1 aliphatic rings. The highest BCUT2D eigenvalue weighted by atomic mass is 32.2. The Morgan fingerprint density at radius 1 is 1.33 bits per heavy atom. The van der Waals surface area contributed by atoms with E-state index in [9.17, 15) is 8.42 Å². The lowest BCUT2D eigenvalue weighted by atomic mass is 9.97. The SMILES string of the molecule is CCCCS(=O)(=O)NCC1CCN(c2cnccn2)CC1. The predicted molar refractivity (Wildman–Crippen MR) is 83.7 cm³/mol. The minimum atomic E-state index is -3.09. The third kappa shape index (κ3) is 5.24. The summed E-state index contributed by atoms with van der Waals surface area (Å²) in [5.41, 5.74) is 0. The van der Waals surface area contributed by atoms with Crippen molar-refractivity contribution in [3.05, 3.63) is 18.6 Å². The molecule has 0 aromatic carbocycles. The fourth-order valence-electron chi connectivity index (χ4n) is 2.47. The Bertz CT molecular complexity index is 513. The topological polar surface area (TPSA) is 75.2 Å². The van der Waals surface area contributed by atoms with Crippen LogP contribution in [-0.4, -0.2) is 43.8 Å². The summed E-state index contributed by atoms with van der Waals surface area (Å²) in [7, 11) is -3.09. The zero-order valence-corrected chi connectivity index (χ0v) is 13.3. The second-order valence-corrected chi connectivity index (χ2v) is 7.44. The summed E-state index contributed by atoms with van der Waals surface area (Å²) in [5, 5.41) is 0. The fraction of sp³-hybridized carbons (Fsp3) is 0.714. The Labute approximate surface area is 127 Å². The van der Waals surface area contributed by atoms with E-state index < -0.39 is 10.0 Å². The van der Waals surface area contributed by atoms with Gasteiger partial charge in [0.15, 0.2) is 0 Å². The smallest absolute Gasteiger partial charge is 0.211 e. The number of sulfonamides is 1. The Morgan fingerprint density at radius 3 is 2.71 bits per heavy atom. The molecule has 1 fully saturated rings. The summed E-state index contributed by atoms with van der Waals surface area (Å²) in [4.78, 5) is 10.6. The van der Waals surface area contributed by atoms with Crippen LogP contribution in [0.1, 0.15) is 32.6 Å². The van der Waals surface area contributed by atoms with Gasteiger partial charge in [0.1, 0.15) is 5.82 Å². The highest BCUT2D eigenvalue weighted by Crippen LogP contribution is 2.20. The molecule has 1 saturated heterocycles. The van der Waals surface area contributed by atoms with Gasteiger partial charge in [-0.1, -0.05) is 13.3 Å². The lowest BCUT2D eigenvalue weighted by Crippen LogP contribution is -2.39. The Hall–Kier alpha value is -1.21. The number of piperidine rings is 1. The monoisotopic (exact) mass is 312 g/mol. The van der Waals surface area contributed by atoms with Crippen molar-refractivity contribution in [3.8, 4) is 0 Å². The van der Waals surface area contributed by atoms with Gasteiger partial charge in [0.25, 0.3) is 0 Å². The number of anilines is 1. The zero-order valence-electron chi connectivity index (χ0n) is 12.5. The van der Waals surface area contributed by atoms with Gasteiger partial charge in [-0.3, -0.25) is 4.98 Å². The Morgan fingerprint density at radius 2 is 2.10 bits per heavy atom. The van der Waals surface area contributed by atoms with Crippen LogP contribution in [0.25, 0.3) is 0 Å². The number of aromatic nitrogens is 2. The van der Waals surface area contributed by atoms with Crippen molar-refractivity contribution in [2.24, 2.45) is 5.92 Å². The number of unbranched alkanes of at least 4 members (excludes halogenated alkanes) is 1. The molecule has 0 aliphatic carbocycles. The van der Waals surface area contributed by atoms with E-state index in [4.69, 9.17) is 0 Å². The van der Waals surface area contributed by atoms with Gasteiger partial charge in [0.05, 0.1) is 11.9 Å². The lowest BCUT2D eigenvalue weighted by molar-refractivity contribution is 0.400. The summed E-state index contributed by atoms with van der Waals surface area (Å²) >= 11 is 0. The predicted octanol–water partition coefficient (Wildman–Crippen LogP) is 1.41. The van der Waals surface area contributed by atoms with Gasteiger partial charge < -0.3 is 4.90 Å². The molecule has 118 valence electrons. The molecule has 0 bridgehead atoms. The molecule has 0 amide bonds. The van der Waals surface area contributed by atoms with E-state index in [1.54, 1.807) is 18.6 Å². The third-order valence-corrected chi connectivity index (χ3v) is 5.28. The molecule has 6 nitrogen and oxygen atoms in total. The molecular weight excluding hydrogens is 288 g/mol. The van der Waals surface area contributed by atoms with E-state index in [-0.39, 0.29) is 5.75 Å². The van der Waals surface area contributed by atoms with E-state index in [2.05, 4.69) is 19.6 Å². The highest BCUT2D eigenvalue weighted by Gasteiger charge is 2.21. The number of rotatable bonds is 7. The average Bonchev–Trinajstić information content (AvgIpc) is 2.53. The Kier molecular flexibility index (Phi) is 5.93. The minimum absolute atomic E-state index is 0.238. The van der Waals surface area contributed by atoms with E-state index in [0.29, 0.717) is 12.5 Å². The van der Waals surface area contributed by atoms with E-state index in [1.165, 1.54) is 0 Å². The van der Waals surface area contributed by atoms with Crippen LogP contribution in [0.2, 0.25) is 0 Å². The zero-order chi connectivity index (χ0) is 15.1. The molecule has 2 rings (SSSR count). The molecule has 1 aliphatic heterocycles. The number of hydrogen-bond acceptors (Lipinski definition) is 5. The molecule has 0 saturated carbocycles. The first-order chi connectivity index (χ1) is 10.1. The molecule has 7 heteroatoms. The summed E-state index contributed by atoms with van der Waals surface area (Å²) in [6.07, 6.45) is 8.72. The van der Waals surface area contributed by atoms with Gasteiger partial charge in [0, 0.05) is 32.0 Å². The van der Waals surface area contributed by atoms with Crippen molar-refractivity contribution in [3.63, 3.8) is 0 Å². The molecule has 0 unspecified atom stereocenters. The minimum Gasteiger partial charge on any atom is -0.355 e. The summed E-state index contributed by atoms with van der Waals surface area (Å²) < 4.78 is 26.3. The highest BCUT2D eigenvalue weighted by molar-refractivity contribution is 7.89. The molecule has 21 heavy (non-hydrogen) atoms. The quantitative estimate of drug-likeness (QED) is 0.824. The van der Waals surface area contributed by atoms with Crippen molar-refractivity contribution in [2.45, 2.75) is 32.6 Å². The lowest BCUT2D eigenvalue weighted by Gasteiger charge is -2.32. The van der Waals surface area contributed by atoms with Crippen molar-refractivity contribution < 1.29 is 8.42 Å². The number of nitrogens with zero attached hydrogens (tertiary/aromatic N) is 3. The maximum absolute atomic E-state index is 11.8. The first-order valence-corrected chi connectivity index (χ1v) is 9.24. The van der Waals surface area contributed by atoms with Crippen LogP contribution in [0.3, 0.4) is 0 Å². The molecule has 0 radical (unpaired) electrons. The molecule has 2 heterocycles. The first kappa shape index (κ1) is 16.2. The van der Waals surface area contributed by atoms with Crippen LogP contribution in [0, 0.1) is 5.92 Å². The van der Waals surface area contributed by atoms with Crippen molar-refractivity contribution in [2.75, 3.05) is 30.3 Å². The summed E-state index contributed by atoms with van der Waals surface area (Å²) in [5.74, 6) is 1.55. The van der Waals surface area contributed by atoms with E-state index >= 15 is 0 Å². The van der Waals surface area contributed by atoms with Gasteiger partial charge in [-0.15, -0.1) is 0 Å². The number of nitrogens with one attached hydrogen (secondary N) is 1. The van der Waals surface area contributed by atoms with Crippen LogP contribution in [0.15, 0.2) is 18.6 Å². The maximum Gasteiger partial charge on any atom is 0.211 e. The van der Waals surface area contributed by atoms with Gasteiger partial charge in [-0.05, 0) is 25.2 Å². The molecular formula is C14H24N4O2S. The second kappa shape index (κ2) is 7.70. The molecule has 1 aromatic rings. The average molecular weight is 312 g/mol. The van der Waals surface area contributed by atoms with Crippen LogP contribution in [0.4, 0.5) is 5.82 Å². The summed E-state index contributed by atoms with van der Waals surface area (Å²) in [6, 6.07) is 0. The van der Waals surface area contributed by atoms with E-state index in [0.717, 1.165) is 44.6 Å². The normalized spacial score (nSPS) is 17.1. The van der Waals surface area contributed by atoms with Crippen LogP contribution in [-0.2, 0) is 10.0 Å². The molecule has 1 N–H and O–H groups in total. The molecule has 1 aromatic heterocycles.